The van der Waals surface area contributed by atoms with Gasteiger partial charge < -0.3 is 5.32 Å². The fourth-order valence-electron chi connectivity index (χ4n) is 2.88. The molecule has 0 aliphatic heterocycles. The summed E-state index contributed by atoms with van der Waals surface area (Å²) in [6, 6.07) is 15.7. The molecule has 0 unspecified atom stereocenters. The Balaban J connectivity index is 1.59. The van der Waals surface area contributed by atoms with E-state index in [0.29, 0.717) is 11.2 Å². The number of anilines is 1. The van der Waals surface area contributed by atoms with Gasteiger partial charge in [0.15, 0.2) is 5.65 Å². The molecule has 0 bridgehead atoms. The predicted octanol–water partition coefficient (Wildman–Crippen LogP) is 4.19. The molecule has 6 nitrogen and oxygen atoms in total. The van der Waals surface area contributed by atoms with E-state index >= 15 is 0 Å². The second-order valence-electron chi connectivity index (χ2n) is 6.48. The molecule has 0 atom stereocenters. The van der Waals surface area contributed by atoms with Crippen molar-refractivity contribution in [2.24, 2.45) is 0 Å². The number of alkyl halides is 3. The zero-order valence-corrected chi connectivity index (χ0v) is 16.2. The third-order valence-corrected chi connectivity index (χ3v) is 6.23. The SMILES string of the molecule is O=S(=O)(c1ccccc1)c1ccc2nnc(NCc3ccc(C(F)(F)F)cc3)n2c1. The Morgan fingerprint density at radius 1 is 0.867 bits per heavy atom. The first-order valence-corrected chi connectivity index (χ1v) is 10.3. The molecule has 1 N–H and O–H groups in total. The van der Waals surface area contributed by atoms with Crippen molar-refractivity contribution in [2.45, 2.75) is 22.5 Å². The predicted molar refractivity (Wildman–Crippen MR) is 104 cm³/mol. The molecule has 0 spiro atoms. The first-order valence-electron chi connectivity index (χ1n) is 8.80. The summed E-state index contributed by atoms with van der Waals surface area (Å²) in [5, 5.41) is 10.9. The van der Waals surface area contributed by atoms with Gasteiger partial charge in [-0.25, -0.2) is 8.42 Å². The average molecular weight is 432 g/mol. The molecule has 0 fully saturated rings. The van der Waals surface area contributed by atoms with Crippen LogP contribution in [0.2, 0.25) is 0 Å². The smallest absolute Gasteiger partial charge is 0.350 e. The summed E-state index contributed by atoms with van der Waals surface area (Å²) in [5.74, 6) is 0.273. The Kier molecular flexibility index (Phi) is 4.94. The molecule has 0 radical (unpaired) electrons. The Bertz CT molecular complexity index is 1290. The maximum Gasteiger partial charge on any atom is 0.416 e. The van der Waals surface area contributed by atoms with E-state index in [0.717, 1.165) is 12.1 Å². The minimum Gasteiger partial charge on any atom is -0.350 e. The molecular weight excluding hydrogens is 417 g/mol. The number of nitrogens with one attached hydrogen (secondary N) is 1. The number of aromatic nitrogens is 3. The minimum absolute atomic E-state index is 0.0681. The lowest BCUT2D eigenvalue weighted by molar-refractivity contribution is -0.137. The number of fused-ring (bicyclic) bond motifs is 1. The summed E-state index contributed by atoms with van der Waals surface area (Å²) < 4.78 is 65.2. The molecule has 0 aliphatic carbocycles. The number of hydrogen-bond donors (Lipinski definition) is 1. The zero-order chi connectivity index (χ0) is 21.4. The van der Waals surface area contributed by atoms with Gasteiger partial charge in [-0.2, -0.15) is 13.2 Å². The normalized spacial score (nSPS) is 12.2. The largest absolute Gasteiger partial charge is 0.416 e. The van der Waals surface area contributed by atoms with E-state index in [4.69, 9.17) is 0 Å². The van der Waals surface area contributed by atoms with Gasteiger partial charge in [0.25, 0.3) is 0 Å². The van der Waals surface area contributed by atoms with Gasteiger partial charge in [0.05, 0.1) is 15.4 Å². The van der Waals surface area contributed by atoms with Gasteiger partial charge in [0.2, 0.25) is 15.8 Å². The van der Waals surface area contributed by atoms with Gasteiger partial charge >= 0.3 is 6.18 Å². The van der Waals surface area contributed by atoms with Gasteiger partial charge in [-0.3, -0.25) is 4.40 Å². The third kappa shape index (κ3) is 3.86. The molecule has 0 aliphatic rings. The molecule has 2 aromatic carbocycles. The van der Waals surface area contributed by atoms with Crippen molar-refractivity contribution < 1.29 is 21.6 Å². The highest BCUT2D eigenvalue weighted by Gasteiger charge is 2.29. The van der Waals surface area contributed by atoms with Crippen molar-refractivity contribution >= 4 is 21.4 Å². The van der Waals surface area contributed by atoms with Crippen LogP contribution in [-0.2, 0) is 22.6 Å². The van der Waals surface area contributed by atoms with Crippen LogP contribution in [0.15, 0.2) is 82.7 Å². The molecule has 4 aromatic rings. The number of nitrogens with zero attached hydrogens (tertiary/aromatic N) is 3. The lowest BCUT2D eigenvalue weighted by Gasteiger charge is -2.09. The number of pyridine rings is 1. The maximum absolute atomic E-state index is 12.8. The highest BCUT2D eigenvalue weighted by molar-refractivity contribution is 7.91. The maximum atomic E-state index is 12.8. The van der Waals surface area contributed by atoms with E-state index in [2.05, 4.69) is 15.5 Å². The molecule has 0 saturated carbocycles. The van der Waals surface area contributed by atoms with Crippen molar-refractivity contribution in [3.05, 3.63) is 84.1 Å². The van der Waals surface area contributed by atoms with Crippen LogP contribution in [0.4, 0.5) is 19.1 Å². The lowest BCUT2D eigenvalue weighted by atomic mass is 10.1. The van der Waals surface area contributed by atoms with Crippen LogP contribution < -0.4 is 5.32 Å². The molecule has 4 rings (SSSR count). The summed E-state index contributed by atoms with van der Waals surface area (Å²) in [5.41, 5.74) is 0.305. The van der Waals surface area contributed by atoms with Gasteiger partial charge in [-0.05, 0) is 42.0 Å². The van der Waals surface area contributed by atoms with E-state index in [-0.39, 0.29) is 22.3 Å². The van der Waals surface area contributed by atoms with Crippen LogP contribution in [0.3, 0.4) is 0 Å². The van der Waals surface area contributed by atoms with E-state index < -0.39 is 21.6 Å². The standard InChI is InChI=1S/C20H15F3N4O2S/c21-20(22,23)15-8-6-14(7-9-15)12-24-19-26-25-18-11-10-17(13-27(18)19)30(28,29)16-4-2-1-3-5-16/h1-11,13H,12H2,(H,24,26). The molecule has 2 heterocycles. The Labute approximate surface area is 169 Å². The molecule has 10 heteroatoms. The number of rotatable bonds is 5. The summed E-state index contributed by atoms with van der Waals surface area (Å²) in [6.07, 6.45) is -2.98. The topological polar surface area (TPSA) is 76.4 Å². The van der Waals surface area contributed by atoms with Crippen molar-refractivity contribution in [1.82, 2.24) is 14.6 Å². The Morgan fingerprint density at radius 3 is 2.23 bits per heavy atom. The zero-order valence-electron chi connectivity index (χ0n) is 15.3. The van der Waals surface area contributed by atoms with Crippen molar-refractivity contribution in [3.63, 3.8) is 0 Å². The minimum atomic E-state index is -4.39. The highest BCUT2D eigenvalue weighted by Crippen LogP contribution is 2.29. The van der Waals surface area contributed by atoms with Gasteiger partial charge in [-0.1, -0.05) is 30.3 Å². The molecule has 0 saturated heterocycles. The number of benzene rings is 2. The van der Waals surface area contributed by atoms with Gasteiger partial charge in [0, 0.05) is 12.7 Å². The number of sulfone groups is 1. The summed E-state index contributed by atoms with van der Waals surface area (Å²) in [7, 11) is -3.72. The van der Waals surface area contributed by atoms with Crippen molar-refractivity contribution in [3.8, 4) is 0 Å². The quantitative estimate of drug-likeness (QED) is 0.512. The number of halogens is 3. The second-order valence-corrected chi connectivity index (χ2v) is 8.43. The molecular formula is C20H15F3N4O2S. The van der Waals surface area contributed by atoms with Crippen molar-refractivity contribution in [1.29, 1.82) is 0 Å². The summed E-state index contributed by atoms with van der Waals surface area (Å²) >= 11 is 0. The monoisotopic (exact) mass is 432 g/mol. The van der Waals surface area contributed by atoms with E-state index in [1.807, 2.05) is 0 Å². The van der Waals surface area contributed by atoms with Gasteiger partial charge in [-0.15, -0.1) is 10.2 Å². The van der Waals surface area contributed by atoms with E-state index in [1.54, 1.807) is 18.2 Å². The molecule has 2 aromatic heterocycles. The Morgan fingerprint density at radius 2 is 1.57 bits per heavy atom. The molecule has 30 heavy (non-hydrogen) atoms. The Hall–Kier alpha value is -3.40. The second kappa shape index (κ2) is 7.45. The summed E-state index contributed by atoms with van der Waals surface area (Å²) in [4.78, 5) is 0.232. The fraction of sp³-hybridized carbons (Fsp3) is 0.100. The average Bonchev–Trinajstić information content (AvgIpc) is 3.15. The van der Waals surface area contributed by atoms with Crippen LogP contribution in [0.1, 0.15) is 11.1 Å². The van der Waals surface area contributed by atoms with Crippen LogP contribution in [0, 0.1) is 0 Å². The first kappa shape index (κ1) is 19.9. The van der Waals surface area contributed by atoms with Gasteiger partial charge in [0.1, 0.15) is 0 Å². The third-order valence-electron chi connectivity index (χ3n) is 4.47. The molecule has 0 amide bonds. The van der Waals surface area contributed by atoms with E-state index in [1.165, 1.54) is 47.0 Å². The van der Waals surface area contributed by atoms with Crippen LogP contribution in [0.5, 0.6) is 0 Å². The lowest BCUT2D eigenvalue weighted by Crippen LogP contribution is -2.07. The highest BCUT2D eigenvalue weighted by atomic mass is 32.2. The fourth-order valence-corrected chi connectivity index (χ4v) is 4.16. The first-order chi connectivity index (χ1) is 14.2. The van der Waals surface area contributed by atoms with Crippen LogP contribution >= 0.6 is 0 Å². The van der Waals surface area contributed by atoms with Crippen LogP contribution in [0.25, 0.3) is 5.65 Å². The van der Waals surface area contributed by atoms with Crippen LogP contribution in [-0.4, -0.2) is 23.0 Å². The number of hydrogen-bond acceptors (Lipinski definition) is 5. The summed E-state index contributed by atoms with van der Waals surface area (Å²) in [6.45, 7) is 0.189. The van der Waals surface area contributed by atoms with E-state index in [9.17, 15) is 21.6 Å². The van der Waals surface area contributed by atoms with Crippen molar-refractivity contribution in [2.75, 3.05) is 5.32 Å². The molecule has 154 valence electrons.